The van der Waals surface area contributed by atoms with E-state index in [4.69, 9.17) is 0 Å². The number of thiophene rings is 1. The van der Waals surface area contributed by atoms with Gasteiger partial charge in [-0.2, -0.15) is 5.10 Å². The molecule has 0 spiro atoms. The first-order chi connectivity index (χ1) is 9.13. The Morgan fingerprint density at radius 3 is 3.00 bits per heavy atom. The van der Waals surface area contributed by atoms with E-state index in [2.05, 4.69) is 27.2 Å². The van der Waals surface area contributed by atoms with Crippen LogP contribution in [0.2, 0.25) is 0 Å². The van der Waals surface area contributed by atoms with Gasteiger partial charge in [0, 0.05) is 17.6 Å². The highest BCUT2D eigenvalue weighted by Crippen LogP contribution is 2.23. The van der Waals surface area contributed by atoms with Crippen LogP contribution in [0, 0.1) is 0 Å². The quantitative estimate of drug-likeness (QED) is 0.680. The number of aromatic nitrogens is 2. The van der Waals surface area contributed by atoms with Crippen molar-refractivity contribution in [2.24, 2.45) is 0 Å². The first-order valence-corrected chi connectivity index (χ1v) is 8.28. The van der Waals surface area contributed by atoms with Crippen LogP contribution in [0.15, 0.2) is 28.7 Å². The summed E-state index contributed by atoms with van der Waals surface area (Å²) < 4.78 is 27.0. The summed E-state index contributed by atoms with van der Waals surface area (Å²) in [5, 5.41) is 11.3. The first-order valence-electron chi connectivity index (χ1n) is 5.92. The SMILES string of the molecule is CCCNCc1sccc1S(=O)(=O)Nc1cn[nH]c1. The second-order valence-corrected chi connectivity index (χ2v) is 6.63. The number of aromatic amines is 1. The van der Waals surface area contributed by atoms with E-state index in [1.54, 1.807) is 11.4 Å². The van der Waals surface area contributed by atoms with Gasteiger partial charge >= 0.3 is 0 Å². The summed E-state index contributed by atoms with van der Waals surface area (Å²) in [5.74, 6) is 0. The van der Waals surface area contributed by atoms with Crippen LogP contribution in [0.1, 0.15) is 18.2 Å². The summed E-state index contributed by atoms with van der Waals surface area (Å²) in [7, 11) is -3.55. The van der Waals surface area contributed by atoms with Crippen molar-refractivity contribution in [3.05, 3.63) is 28.7 Å². The van der Waals surface area contributed by atoms with Crippen LogP contribution >= 0.6 is 11.3 Å². The lowest BCUT2D eigenvalue weighted by Crippen LogP contribution is -2.17. The first kappa shape index (κ1) is 14.0. The Morgan fingerprint density at radius 1 is 1.47 bits per heavy atom. The van der Waals surface area contributed by atoms with Gasteiger partial charge in [-0.1, -0.05) is 6.92 Å². The fraction of sp³-hybridized carbons (Fsp3) is 0.364. The van der Waals surface area contributed by atoms with Crippen LogP contribution in [0.4, 0.5) is 5.69 Å². The summed E-state index contributed by atoms with van der Waals surface area (Å²) in [5.41, 5.74) is 0.429. The smallest absolute Gasteiger partial charge is 0.263 e. The summed E-state index contributed by atoms with van der Waals surface area (Å²) in [6, 6.07) is 1.62. The molecule has 2 rings (SSSR count). The molecule has 2 aromatic heterocycles. The maximum atomic E-state index is 12.2. The number of anilines is 1. The van der Waals surface area contributed by atoms with Crippen molar-refractivity contribution in [2.45, 2.75) is 24.8 Å². The number of hydrogen-bond acceptors (Lipinski definition) is 5. The minimum atomic E-state index is -3.55. The average molecular weight is 300 g/mol. The predicted molar refractivity (Wildman–Crippen MR) is 75.7 cm³/mol. The fourth-order valence-corrected chi connectivity index (χ4v) is 4.04. The number of rotatable bonds is 7. The van der Waals surface area contributed by atoms with Crippen LogP contribution in [-0.4, -0.2) is 25.2 Å². The lowest BCUT2D eigenvalue weighted by Gasteiger charge is -2.07. The molecule has 3 N–H and O–H groups in total. The minimum Gasteiger partial charge on any atom is -0.312 e. The van der Waals surface area contributed by atoms with E-state index in [-0.39, 0.29) is 0 Å². The van der Waals surface area contributed by atoms with Gasteiger partial charge in [-0.15, -0.1) is 11.3 Å². The van der Waals surface area contributed by atoms with Crippen molar-refractivity contribution < 1.29 is 8.42 Å². The van der Waals surface area contributed by atoms with Crippen LogP contribution in [-0.2, 0) is 16.6 Å². The Kier molecular flexibility index (Phi) is 4.56. The van der Waals surface area contributed by atoms with E-state index in [0.717, 1.165) is 17.8 Å². The molecule has 0 saturated heterocycles. The molecule has 0 amide bonds. The van der Waals surface area contributed by atoms with Crippen LogP contribution in [0.25, 0.3) is 0 Å². The van der Waals surface area contributed by atoms with Gasteiger partial charge in [0.05, 0.1) is 11.9 Å². The molecule has 0 aromatic carbocycles. The van der Waals surface area contributed by atoms with E-state index < -0.39 is 10.0 Å². The molecule has 0 radical (unpaired) electrons. The predicted octanol–water partition coefficient (Wildman–Crippen LogP) is 1.77. The van der Waals surface area contributed by atoms with Gasteiger partial charge in [-0.25, -0.2) is 8.42 Å². The van der Waals surface area contributed by atoms with Crippen molar-refractivity contribution in [3.8, 4) is 0 Å². The van der Waals surface area contributed by atoms with E-state index >= 15 is 0 Å². The molecule has 6 nitrogen and oxygen atoms in total. The highest BCUT2D eigenvalue weighted by Gasteiger charge is 2.19. The third-order valence-electron chi connectivity index (χ3n) is 2.46. The third-order valence-corrected chi connectivity index (χ3v) is 4.97. The molecule has 0 bridgehead atoms. The van der Waals surface area contributed by atoms with Crippen molar-refractivity contribution in [3.63, 3.8) is 0 Å². The number of H-pyrrole nitrogens is 1. The Labute approximate surface area is 116 Å². The Bertz CT molecular complexity index is 604. The number of hydrogen-bond donors (Lipinski definition) is 3. The summed E-state index contributed by atoms with van der Waals surface area (Å²) in [4.78, 5) is 1.13. The van der Waals surface area contributed by atoms with Crippen LogP contribution < -0.4 is 10.0 Å². The van der Waals surface area contributed by atoms with Crippen molar-refractivity contribution in [1.29, 1.82) is 0 Å². The third kappa shape index (κ3) is 3.55. The number of sulfonamides is 1. The lowest BCUT2D eigenvalue weighted by molar-refractivity contribution is 0.599. The van der Waals surface area contributed by atoms with E-state index in [0.29, 0.717) is 17.1 Å². The van der Waals surface area contributed by atoms with Gasteiger partial charge in [0.2, 0.25) is 0 Å². The van der Waals surface area contributed by atoms with Crippen LogP contribution in [0.5, 0.6) is 0 Å². The van der Waals surface area contributed by atoms with Gasteiger partial charge in [0.1, 0.15) is 4.90 Å². The molecule has 0 aliphatic heterocycles. The molecule has 2 aromatic rings. The zero-order chi connectivity index (χ0) is 13.7. The monoisotopic (exact) mass is 300 g/mol. The Hall–Kier alpha value is -1.38. The van der Waals surface area contributed by atoms with Gasteiger partial charge in [0.25, 0.3) is 10.0 Å². The van der Waals surface area contributed by atoms with Gasteiger partial charge in [-0.05, 0) is 24.4 Å². The maximum Gasteiger partial charge on any atom is 0.263 e. The van der Waals surface area contributed by atoms with Gasteiger partial charge in [0.15, 0.2) is 0 Å². The topological polar surface area (TPSA) is 86.9 Å². The molecule has 104 valence electrons. The molecule has 0 fully saturated rings. The second kappa shape index (κ2) is 6.18. The zero-order valence-corrected chi connectivity index (χ0v) is 12.1. The highest BCUT2D eigenvalue weighted by atomic mass is 32.2. The molecular formula is C11H16N4O2S2. The lowest BCUT2D eigenvalue weighted by atomic mass is 10.4. The number of nitrogens with zero attached hydrogens (tertiary/aromatic N) is 1. The summed E-state index contributed by atoms with van der Waals surface area (Å²) in [6.07, 6.45) is 3.94. The molecule has 0 aliphatic carbocycles. The molecule has 19 heavy (non-hydrogen) atoms. The molecule has 0 saturated carbocycles. The zero-order valence-electron chi connectivity index (χ0n) is 10.5. The number of nitrogens with one attached hydrogen (secondary N) is 3. The molecular weight excluding hydrogens is 284 g/mol. The standard InChI is InChI=1S/C11H16N4O2S2/c1-2-4-12-8-10-11(3-5-18-10)19(16,17)15-9-6-13-14-7-9/h3,5-7,12,15H,2,4,8H2,1H3,(H,13,14). The molecule has 0 aliphatic rings. The van der Waals surface area contributed by atoms with E-state index in [1.165, 1.54) is 23.7 Å². The Morgan fingerprint density at radius 2 is 2.32 bits per heavy atom. The fourth-order valence-electron chi connectivity index (χ4n) is 1.59. The molecule has 2 heterocycles. The van der Waals surface area contributed by atoms with Crippen molar-refractivity contribution in [2.75, 3.05) is 11.3 Å². The average Bonchev–Trinajstić information content (AvgIpc) is 3.00. The van der Waals surface area contributed by atoms with Gasteiger partial charge in [-0.3, -0.25) is 9.82 Å². The summed E-state index contributed by atoms with van der Waals surface area (Å²) >= 11 is 1.43. The summed E-state index contributed by atoms with van der Waals surface area (Å²) in [6.45, 7) is 3.50. The van der Waals surface area contributed by atoms with Gasteiger partial charge < -0.3 is 5.32 Å². The largest absolute Gasteiger partial charge is 0.312 e. The molecule has 8 heteroatoms. The Balaban J connectivity index is 2.14. The van der Waals surface area contributed by atoms with Crippen molar-refractivity contribution >= 4 is 27.0 Å². The highest BCUT2D eigenvalue weighted by molar-refractivity contribution is 7.93. The maximum absolute atomic E-state index is 12.2. The second-order valence-electron chi connectivity index (χ2n) is 3.98. The molecule has 0 unspecified atom stereocenters. The normalized spacial score (nSPS) is 11.6. The van der Waals surface area contributed by atoms with E-state index in [1.807, 2.05) is 0 Å². The van der Waals surface area contributed by atoms with Crippen LogP contribution in [0.3, 0.4) is 0 Å². The molecule has 0 atom stereocenters. The van der Waals surface area contributed by atoms with Crippen molar-refractivity contribution in [1.82, 2.24) is 15.5 Å². The van der Waals surface area contributed by atoms with E-state index in [9.17, 15) is 8.42 Å². The minimum absolute atomic E-state index is 0.322.